The molecule has 3 aromatic carbocycles. The Morgan fingerprint density at radius 2 is 1.50 bits per heavy atom. The molecule has 1 atom stereocenters. The lowest BCUT2D eigenvalue weighted by Crippen LogP contribution is -2.16. The number of rotatable bonds is 12. The van der Waals surface area contributed by atoms with Crippen LogP contribution in [0.25, 0.3) is 11.1 Å². The largest absolute Gasteiger partial charge is 0.494 e. The molecule has 0 aromatic heterocycles. The number of ether oxygens (including phenoxy) is 2. The molecule has 32 heavy (non-hydrogen) atoms. The molecule has 0 saturated carbocycles. The van der Waals surface area contributed by atoms with Crippen molar-refractivity contribution in [3.8, 4) is 16.9 Å². The van der Waals surface area contributed by atoms with Gasteiger partial charge in [0.05, 0.1) is 6.61 Å². The van der Waals surface area contributed by atoms with Crippen molar-refractivity contribution in [2.45, 2.75) is 56.3 Å². The minimum absolute atomic E-state index is 0.201. The van der Waals surface area contributed by atoms with Gasteiger partial charge in [0.25, 0.3) is 0 Å². The summed E-state index contributed by atoms with van der Waals surface area (Å²) in [4.78, 5) is 13.4. The zero-order chi connectivity index (χ0) is 22.6. The second-order valence-electron chi connectivity index (χ2n) is 7.81. The van der Waals surface area contributed by atoms with Crippen LogP contribution in [0.4, 0.5) is 0 Å². The van der Waals surface area contributed by atoms with Gasteiger partial charge in [0.2, 0.25) is 0 Å². The van der Waals surface area contributed by atoms with Crippen molar-refractivity contribution >= 4 is 17.7 Å². The molecule has 0 spiro atoms. The molecular weight excluding hydrogens is 416 g/mol. The Hall–Kier alpha value is -2.72. The Bertz CT molecular complexity index is 937. The van der Waals surface area contributed by atoms with Gasteiger partial charge >= 0.3 is 5.97 Å². The summed E-state index contributed by atoms with van der Waals surface area (Å²) in [7, 11) is 0. The first kappa shape index (κ1) is 23.9. The second kappa shape index (κ2) is 13.0. The Morgan fingerprint density at radius 3 is 2.16 bits per heavy atom. The van der Waals surface area contributed by atoms with Crippen molar-refractivity contribution in [3.05, 3.63) is 84.4 Å². The second-order valence-corrected chi connectivity index (χ2v) is 9.23. The number of carbonyl (C=O) groups excluding carboxylic acids is 1. The van der Waals surface area contributed by atoms with Crippen molar-refractivity contribution in [1.82, 2.24) is 0 Å². The van der Waals surface area contributed by atoms with E-state index < -0.39 is 0 Å². The fraction of sp³-hybridized carbons (Fsp3) is 0.321. The summed E-state index contributed by atoms with van der Waals surface area (Å²) in [6, 6.07) is 26.3. The summed E-state index contributed by atoms with van der Waals surface area (Å²) in [6.07, 6.45) is 4.84. The van der Waals surface area contributed by atoms with Crippen LogP contribution < -0.4 is 4.74 Å². The van der Waals surface area contributed by atoms with Gasteiger partial charge in [-0.25, -0.2) is 0 Å². The average molecular weight is 449 g/mol. The Balaban J connectivity index is 1.47. The SMILES string of the molecule is CCCCCCOc1ccc(-c2ccc(S[C@H](C)C(=O)OCc3ccccc3)cc2)cc1. The molecule has 0 fully saturated rings. The van der Waals surface area contributed by atoms with E-state index in [2.05, 4.69) is 43.3 Å². The molecule has 0 aliphatic rings. The average Bonchev–Trinajstić information content (AvgIpc) is 2.84. The van der Waals surface area contributed by atoms with Gasteiger partial charge < -0.3 is 9.47 Å². The lowest BCUT2D eigenvalue weighted by molar-refractivity contribution is -0.143. The quantitative estimate of drug-likeness (QED) is 0.163. The molecular formula is C28H32O3S. The number of carbonyl (C=O) groups is 1. The first-order valence-corrected chi connectivity index (χ1v) is 12.2. The third-order valence-corrected chi connectivity index (χ3v) is 6.27. The van der Waals surface area contributed by atoms with Crippen molar-refractivity contribution in [2.75, 3.05) is 6.61 Å². The van der Waals surface area contributed by atoms with E-state index in [1.54, 1.807) is 0 Å². The van der Waals surface area contributed by atoms with Gasteiger partial charge in [-0.3, -0.25) is 4.79 Å². The maximum Gasteiger partial charge on any atom is 0.319 e. The standard InChI is InChI=1S/C28H32O3S/c1-3-4-5-9-20-30-26-16-12-24(13-17-26)25-14-18-27(19-15-25)32-22(2)28(29)31-21-23-10-7-6-8-11-23/h6-8,10-19,22H,3-5,9,20-21H2,1-2H3/t22-/m1/s1. The first-order chi connectivity index (χ1) is 15.7. The molecule has 0 N–H and O–H groups in total. The third-order valence-electron chi connectivity index (χ3n) is 5.18. The molecule has 4 heteroatoms. The summed E-state index contributed by atoms with van der Waals surface area (Å²) < 4.78 is 11.3. The number of unbranched alkanes of at least 4 members (excludes halogenated alkanes) is 3. The topological polar surface area (TPSA) is 35.5 Å². The molecule has 3 nitrogen and oxygen atoms in total. The van der Waals surface area contributed by atoms with Crippen LogP contribution in [0.5, 0.6) is 5.75 Å². The monoisotopic (exact) mass is 448 g/mol. The lowest BCUT2D eigenvalue weighted by Gasteiger charge is -2.12. The molecule has 0 bridgehead atoms. The summed E-state index contributed by atoms with van der Waals surface area (Å²) in [5, 5.41) is -0.265. The molecule has 3 aromatic rings. The zero-order valence-corrected chi connectivity index (χ0v) is 19.8. The molecule has 0 saturated heterocycles. The summed E-state index contributed by atoms with van der Waals surface area (Å²) >= 11 is 1.51. The van der Waals surface area contributed by atoms with Crippen LogP contribution >= 0.6 is 11.8 Å². The third kappa shape index (κ3) is 7.76. The number of thioether (sulfide) groups is 1. The first-order valence-electron chi connectivity index (χ1n) is 11.4. The summed E-state index contributed by atoms with van der Waals surface area (Å²) in [6.45, 7) is 5.18. The van der Waals surface area contributed by atoms with E-state index in [1.165, 1.54) is 31.0 Å². The molecule has 0 heterocycles. The van der Waals surface area contributed by atoms with E-state index in [0.717, 1.165) is 40.4 Å². The van der Waals surface area contributed by atoms with Gasteiger partial charge in [-0.1, -0.05) is 80.8 Å². The molecule has 0 aliphatic carbocycles. The van der Waals surface area contributed by atoms with E-state index in [4.69, 9.17) is 9.47 Å². The van der Waals surface area contributed by atoms with E-state index in [1.807, 2.05) is 49.4 Å². The van der Waals surface area contributed by atoms with E-state index in [0.29, 0.717) is 6.61 Å². The number of esters is 1. The molecule has 0 amide bonds. The van der Waals surface area contributed by atoms with Crippen LogP contribution in [0.2, 0.25) is 0 Å². The highest BCUT2D eigenvalue weighted by molar-refractivity contribution is 8.00. The van der Waals surface area contributed by atoms with E-state index in [9.17, 15) is 4.79 Å². The summed E-state index contributed by atoms with van der Waals surface area (Å²) in [5.41, 5.74) is 3.29. The predicted molar refractivity (Wildman–Crippen MR) is 133 cm³/mol. The van der Waals surface area contributed by atoms with Gasteiger partial charge in [-0.15, -0.1) is 11.8 Å². The summed E-state index contributed by atoms with van der Waals surface area (Å²) in [5.74, 6) is 0.716. The normalized spacial score (nSPS) is 11.7. The van der Waals surface area contributed by atoms with Gasteiger partial charge in [-0.2, -0.15) is 0 Å². The van der Waals surface area contributed by atoms with Crippen LogP contribution in [-0.2, 0) is 16.1 Å². The van der Waals surface area contributed by atoms with Crippen molar-refractivity contribution in [1.29, 1.82) is 0 Å². The van der Waals surface area contributed by atoms with Gasteiger partial charge in [0, 0.05) is 4.90 Å². The number of hydrogen-bond donors (Lipinski definition) is 0. The zero-order valence-electron chi connectivity index (χ0n) is 19.0. The predicted octanol–water partition coefficient (Wildman–Crippen LogP) is 7.54. The van der Waals surface area contributed by atoms with Crippen LogP contribution in [0.15, 0.2) is 83.8 Å². The molecule has 0 radical (unpaired) electrons. The van der Waals surface area contributed by atoms with Crippen LogP contribution in [0.3, 0.4) is 0 Å². The Morgan fingerprint density at radius 1 is 0.844 bits per heavy atom. The smallest absolute Gasteiger partial charge is 0.319 e. The fourth-order valence-electron chi connectivity index (χ4n) is 3.29. The van der Waals surface area contributed by atoms with Crippen molar-refractivity contribution < 1.29 is 14.3 Å². The minimum atomic E-state index is -0.265. The lowest BCUT2D eigenvalue weighted by atomic mass is 10.1. The molecule has 0 aliphatic heterocycles. The van der Waals surface area contributed by atoms with Crippen LogP contribution in [-0.4, -0.2) is 17.8 Å². The van der Waals surface area contributed by atoms with Gasteiger partial charge in [0.1, 0.15) is 17.6 Å². The van der Waals surface area contributed by atoms with Crippen LogP contribution in [0, 0.1) is 0 Å². The van der Waals surface area contributed by atoms with E-state index in [-0.39, 0.29) is 11.2 Å². The Labute approximate surface area is 196 Å². The maximum absolute atomic E-state index is 12.3. The number of benzene rings is 3. The molecule has 0 unspecified atom stereocenters. The Kier molecular flexibility index (Phi) is 9.70. The van der Waals surface area contributed by atoms with Gasteiger partial charge in [-0.05, 0) is 54.3 Å². The van der Waals surface area contributed by atoms with Crippen molar-refractivity contribution in [3.63, 3.8) is 0 Å². The van der Waals surface area contributed by atoms with Gasteiger partial charge in [0.15, 0.2) is 0 Å². The van der Waals surface area contributed by atoms with Crippen molar-refractivity contribution in [2.24, 2.45) is 0 Å². The van der Waals surface area contributed by atoms with Crippen LogP contribution in [0.1, 0.15) is 45.1 Å². The van der Waals surface area contributed by atoms with E-state index >= 15 is 0 Å². The highest BCUT2D eigenvalue weighted by Gasteiger charge is 2.16. The maximum atomic E-state index is 12.3. The fourth-order valence-corrected chi connectivity index (χ4v) is 4.15. The highest BCUT2D eigenvalue weighted by atomic mass is 32.2. The molecule has 168 valence electrons. The molecule has 3 rings (SSSR count). The minimum Gasteiger partial charge on any atom is -0.494 e. The highest BCUT2D eigenvalue weighted by Crippen LogP contribution is 2.28. The number of hydrogen-bond acceptors (Lipinski definition) is 4.